The molecule has 0 radical (unpaired) electrons. The predicted molar refractivity (Wildman–Crippen MR) is 102 cm³/mol. The van der Waals surface area contributed by atoms with E-state index < -0.39 is 0 Å². The molecule has 0 aliphatic carbocycles. The van der Waals surface area contributed by atoms with Crippen molar-refractivity contribution in [1.82, 2.24) is 9.78 Å². The van der Waals surface area contributed by atoms with Crippen LogP contribution in [0.5, 0.6) is 5.75 Å². The molecule has 1 amide bonds. The van der Waals surface area contributed by atoms with Gasteiger partial charge in [0.2, 0.25) is 0 Å². The Hall–Kier alpha value is -1.57. The number of rotatable bonds is 4. The highest BCUT2D eigenvalue weighted by molar-refractivity contribution is 9.10. The normalized spacial score (nSPS) is 11.0. The average molecular weight is 429 g/mol. The maximum atomic E-state index is 12.6. The largest absolute Gasteiger partial charge is 0.491 e. The van der Waals surface area contributed by atoms with E-state index in [1.165, 1.54) is 11.3 Å². The Morgan fingerprint density at radius 2 is 2.21 bits per heavy atom. The molecule has 0 bridgehead atoms. The molecule has 2 heterocycles. The molecule has 1 N–H and O–H groups in total. The van der Waals surface area contributed by atoms with Crippen LogP contribution in [-0.4, -0.2) is 22.3 Å². The number of carbonyl (C=O) groups is 1. The molecular weight excluding hydrogens is 414 g/mol. The lowest BCUT2D eigenvalue weighted by molar-refractivity contribution is 0.103. The maximum absolute atomic E-state index is 12.6. The number of halogens is 2. The number of carbonyl (C=O) groups excluding carboxylic acids is 1. The summed E-state index contributed by atoms with van der Waals surface area (Å²) >= 11 is 10.9. The first-order valence-electron chi connectivity index (χ1n) is 7.27. The number of aryl methyl sites for hydroxylation is 2. The molecule has 8 heteroatoms. The van der Waals surface area contributed by atoms with Crippen LogP contribution < -0.4 is 10.1 Å². The summed E-state index contributed by atoms with van der Waals surface area (Å²) in [7, 11) is 1.87. The van der Waals surface area contributed by atoms with Gasteiger partial charge in [-0.15, -0.1) is 11.3 Å². The second-order valence-electron chi connectivity index (χ2n) is 5.19. The fraction of sp³-hybridized carbons (Fsp3) is 0.250. The van der Waals surface area contributed by atoms with E-state index in [1.54, 1.807) is 16.8 Å². The molecule has 2 aromatic heterocycles. The van der Waals surface area contributed by atoms with Gasteiger partial charge in [-0.3, -0.25) is 9.48 Å². The summed E-state index contributed by atoms with van der Waals surface area (Å²) in [5.74, 6) is 0.361. The molecule has 126 valence electrons. The van der Waals surface area contributed by atoms with Crippen LogP contribution in [0.25, 0.3) is 10.2 Å². The fourth-order valence-electron chi connectivity index (χ4n) is 2.45. The van der Waals surface area contributed by atoms with Crippen LogP contribution in [0.2, 0.25) is 5.02 Å². The van der Waals surface area contributed by atoms with Gasteiger partial charge < -0.3 is 10.1 Å². The summed E-state index contributed by atoms with van der Waals surface area (Å²) in [4.78, 5) is 14.2. The van der Waals surface area contributed by atoms with Crippen LogP contribution in [0.15, 0.2) is 22.7 Å². The standard InChI is InChI=1S/C16H15BrClN3O2S/c1-4-23-14-11(17)5-9(18)6-12(14)19-15(22)13-7-10-8(2)20-21(3)16(10)24-13/h5-7H,4H2,1-3H3,(H,19,22). The zero-order chi connectivity index (χ0) is 17.4. The number of fused-ring (bicyclic) bond motifs is 1. The molecule has 3 aromatic rings. The highest BCUT2D eigenvalue weighted by Crippen LogP contribution is 2.37. The molecule has 0 unspecified atom stereocenters. The molecule has 24 heavy (non-hydrogen) atoms. The van der Waals surface area contributed by atoms with Crippen molar-refractivity contribution in [3.05, 3.63) is 38.3 Å². The van der Waals surface area contributed by atoms with Gasteiger partial charge in [-0.25, -0.2) is 0 Å². The number of nitrogens with one attached hydrogen (secondary N) is 1. The van der Waals surface area contributed by atoms with Gasteiger partial charge in [0, 0.05) is 17.5 Å². The number of benzene rings is 1. The van der Waals surface area contributed by atoms with Crippen LogP contribution in [0, 0.1) is 6.92 Å². The van der Waals surface area contributed by atoms with E-state index in [0.717, 1.165) is 15.9 Å². The Labute approximate surface area is 156 Å². The Balaban J connectivity index is 1.95. The zero-order valence-corrected chi connectivity index (χ0v) is 16.5. The molecule has 1 aromatic carbocycles. The number of nitrogens with zero attached hydrogens (tertiary/aromatic N) is 2. The molecule has 0 fully saturated rings. The van der Waals surface area contributed by atoms with Crippen LogP contribution >= 0.6 is 38.9 Å². The van der Waals surface area contributed by atoms with Crippen LogP contribution in [0.1, 0.15) is 22.3 Å². The zero-order valence-electron chi connectivity index (χ0n) is 13.3. The number of amides is 1. The van der Waals surface area contributed by atoms with Crippen LogP contribution in [0.3, 0.4) is 0 Å². The number of aromatic nitrogens is 2. The van der Waals surface area contributed by atoms with Crippen LogP contribution in [0.4, 0.5) is 5.69 Å². The van der Waals surface area contributed by atoms with Gasteiger partial charge >= 0.3 is 0 Å². The SMILES string of the molecule is CCOc1c(Br)cc(Cl)cc1NC(=O)c1cc2c(C)nn(C)c2s1. The minimum atomic E-state index is -0.203. The third-order valence-electron chi connectivity index (χ3n) is 3.47. The molecule has 0 spiro atoms. The summed E-state index contributed by atoms with van der Waals surface area (Å²) in [5.41, 5.74) is 1.44. The topological polar surface area (TPSA) is 56.1 Å². The van der Waals surface area contributed by atoms with Crippen molar-refractivity contribution < 1.29 is 9.53 Å². The average Bonchev–Trinajstić information content (AvgIpc) is 3.05. The van der Waals surface area contributed by atoms with E-state index in [0.29, 0.717) is 32.4 Å². The minimum absolute atomic E-state index is 0.203. The highest BCUT2D eigenvalue weighted by atomic mass is 79.9. The third-order valence-corrected chi connectivity index (χ3v) is 5.47. The van der Waals surface area contributed by atoms with Crippen molar-refractivity contribution in [2.75, 3.05) is 11.9 Å². The maximum Gasteiger partial charge on any atom is 0.265 e. The molecule has 0 aliphatic rings. The van der Waals surface area contributed by atoms with Gasteiger partial charge in [-0.05, 0) is 48.0 Å². The Morgan fingerprint density at radius 1 is 1.46 bits per heavy atom. The molecule has 0 saturated heterocycles. The summed E-state index contributed by atoms with van der Waals surface area (Å²) in [6.07, 6.45) is 0. The third kappa shape index (κ3) is 3.16. The lowest BCUT2D eigenvalue weighted by Gasteiger charge is -2.13. The highest BCUT2D eigenvalue weighted by Gasteiger charge is 2.18. The van der Waals surface area contributed by atoms with E-state index in [1.807, 2.05) is 27.0 Å². The summed E-state index contributed by atoms with van der Waals surface area (Å²) < 4.78 is 8.09. The summed E-state index contributed by atoms with van der Waals surface area (Å²) in [6.45, 7) is 4.29. The van der Waals surface area contributed by atoms with Gasteiger partial charge in [0.15, 0.2) is 5.75 Å². The Bertz CT molecular complexity index is 901. The van der Waals surface area contributed by atoms with Crippen molar-refractivity contribution in [1.29, 1.82) is 0 Å². The van der Waals surface area contributed by atoms with E-state index in [4.69, 9.17) is 16.3 Å². The van der Waals surface area contributed by atoms with Crippen LogP contribution in [-0.2, 0) is 7.05 Å². The first-order chi connectivity index (χ1) is 11.4. The minimum Gasteiger partial charge on any atom is -0.491 e. The van der Waals surface area contributed by atoms with Crippen molar-refractivity contribution in [3.63, 3.8) is 0 Å². The van der Waals surface area contributed by atoms with Gasteiger partial charge in [0.1, 0.15) is 4.83 Å². The lowest BCUT2D eigenvalue weighted by atomic mass is 10.2. The number of hydrogen-bond acceptors (Lipinski definition) is 4. The van der Waals surface area contributed by atoms with Crippen molar-refractivity contribution in [2.24, 2.45) is 7.05 Å². The Kier molecular flexibility index (Phi) is 4.85. The molecule has 0 atom stereocenters. The van der Waals surface area contributed by atoms with Gasteiger partial charge in [0.25, 0.3) is 5.91 Å². The van der Waals surface area contributed by atoms with Crippen molar-refractivity contribution in [3.8, 4) is 5.75 Å². The predicted octanol–water partition coefficient (Wildman–Crippen LogP) is 5.01. The van der Waals surface area contributed by atoms with Gasteiger partial charge in [-0.2, -0.15) is 5.10 Å². The second kappa shape index (κ2) is 6.74. The lowest BCUT2D eigenvalue weighted by Crippen LogP contribution is -2.12. The Morgan fingerprint density at radius 3 is 2.88 bits per heavy atom. The van der Waals surface area contributed by atoms with E-state index in [2.05, 4.69) is 26.3 Å². The van der Waals surface area contributed by atoms with Crippen molar-refractivity contribution >= 4 is 60.7 Å². The van der Waals surface area contributed by atoms with E-state index >= 15 is 0 Å². The molecular formula is C16H15BrClN3O2S. The second-order valence-corrected chi connectivity index (χ2v) is 7.51. The van der Waals surface area contributed by atoms with Crippen molar-refractivity contribution in [2.45, 2.75) is 13.8 Å². The molecule has 3 rings (SSSR count). The van der Waals surface area contributed by atoms with Gasteiger partial charge in [-0.1, -0.05) is 11.6 Å². The monoisotopic (exact) mass is 427 g/mol. The first kappa shape index (κ1) is 17.3. The molecule has 5 nitrogen and oxygen atoms in total. The first-order valence-corrected chi connectivity index (χ1v) is 9.25. The quantitative estimate of drug-likeness (QED) is 0.635. The smallest absolute Gasteiger partial charge is 0.265 e. The molecule has 0 aliphatic heterocycles. The summed E-state index contributed by atoms with van der Waals surface area (Å²) in [5, 5.41) is 8.74. The number of ether oxygens (including phenoxy) is 1. The molecule has 0 saturated carbocycles. The summed E-state index contributed by atoms with van der Waals surface area (Å²) in [6, 6.07) is 5.27. The number of anilines is 1. The number of thiophene rings is 1. The fourth-order valence-corrected chi connectivity index (χ4v) is 4.39. The van der Waals surface area contributed by atoms with E-state index in [9.17, 15) is 4.79 Å². The van der Waals surface area contributed by atoms with E-state index in [-0.39, 0.29) is 5.91 Å². The van der Waals surface area contributed by atoms with Gasteiger partial charge in [0.05, 0.1) is 27.3 Å². The number of hydrogen-bond donors (Lipinski definition) is 1.